The maximum Gasteiger partial charge on any atom is 0.0438 e. The fourth-order valence-electron chi connectivity index (χ4n) is 1.05. The Hall–Kier alpha value is -0.530. The first-order chi connectivity index (χ1) is 7.65. The van der Waals surface area contributed by atoms with E-state index in [-0.39, 0.29) is 0 Å². The van der Waals surface area contributed by atoms with E-state index in [1.54, 1.807) is 0 Å². The smallest absolute Gasteiger partial charge is 0.0438 e. The Balaban J connectivity index is 0. The van der Waals surface area contributed by atoms with Gasteiger partial charge in [-0.1, -0.05) is 51.4 Å². The summed E-state index contributed by atoms with van der Waals surface area (Å²) in [6.07, 6.45) is 0. The molecule has 1 N–H and O–H groups in total. The highest BCUT2D eigenvalue weighted by Crippen LogP contribution is 2.20. The molecular weight excluding hydrogens is 218 g/mol. The van der Waals surface area contributed by atoms with Gasteiger partial charge in [0, 0.05) is 11.1 Å². The lowest BCUT2D eigenvalue weighted by molar-refractivity contribution is 0.652. The molecule has 0 bridgehead atoms. The Kier molecular flexibility index (Phi) is 12.2. The van der Waals surface area contributed by atoms with E-state index in [0.717, 1.165) is 10.6 Å². The molecule has 0 radical (unpaired) electrons. The van der Waals surface area contributed by atoms with Crippen LogP contribution in [0.15, 0.2) is 18.2 Å². The highest BCUT2D eigenvalue weighted by molar-refractivity contribution is 6.31. The average Bonchev–Trinajstić information content (AvgIpc) is 2.36. The highest BCUT2D eigenvalue weighted by Gasteiger charge is 2.03. The van der Waals surface area contributed by atoms with Crippen molar-refractivity contribution in [3.63, 3.8) is 0 Å². The molecule has 0 heterocycles. The maximum atomic E-state index is 5.99. The first-order valence-corrected chi connectivity index (χ1v) is 6.46. The van der Waals surface area contributed by atoms with Gasteiger partial charge in [0.05, 0.1) is 0 Å². The molecule has 0 saturated heterocycles. The number of halogens is 1. The van der Waals surface area contributed by atoms with Crippen molar-refractivity contribution < 1.29 is 0 Å². The quantitative estimate of drug-likeness (QED) is 0.773. The molecule has 1 aromatic rings. The Morgan fingerprint density at radius 2 is 1.62 bits per heavy atom. The summed E-state index contributed by atoms with van der Waals surface area (Å²) in [5.41, 5.74) is 2.36. The summed E-state index contributed by atoms with van der Waals surface area (Å²) in [4.78, 5) is 0. The van der Waals surface area contributed by atoms with Crippen molar-refractivity contribution in [2.24, 2.45) is 0 Å². The zero-order valence-corrected chi connectivity index (χ0v) is 12.4. The Morgan fingerprint density at radius 1 is 1.12 bits per heavy atom. The second kappa shape index (κ2) is 11.0. The van der Waals surface area contributed by atoms with Crippen LogP contribution in [0.5, 0.6) is 0 Å². The zero-order valence-electron chi connectivity index (χ0n) is 11.7. The third-order valence-electron chi connectivity index (χ3n) is 2.13. The van der Waals surface area contributed by atoms with Crippen molar-refractivity contribution in [2.75, 3.05) is 7.05 Å². The van der Waals surface area contributed by atoms with Gasteiger partial charge in [0.25, 0.3) is 0 Å². The average molecular weight is 244 g/mol. The van der Waals surface area contributed by atoms with Crippen molar-refractivity contribution in [1.82, 2.24) is 5.32 Å². The van der Waals surface area contributed by atoms with Crippen LogP contribution in [0.2, 0.25) is 5.02 Å². The summed E-state index contributed by atoms with van der Waals surface area (Å²) in [5, 5.41) is 4.01. The Labute approximate surface area is 106 Å². The van der Waals surface area contributed by atoms with Gasteiger partial charge in [-0.2, -0.15) is 0 Å². The first-order valence-electron chi connectivity index (χ1n) is 6.08. The third kappa shape index (κ3) is 6.14. The normalized spacial score (nSPS) is 10.5. The molecule has 1 atom stereocenters. The van der Waals surface area contributed by atoms with Crippen molar-refractivity contribution >= 4 is 11.6 Å². The van der Waals surface area contributed by atoms with E-state index in [2.05, 4.69) is 18.3 Å². The summed E-state index contributed by atoms with van der Waals surface area (Å²) in [5.74, 6) is 0. The van der Waals surface area contributed by atoms with Crippen molar-refractivity contribution in [2.45, 2.75) is 47.6 Å². The summed E-state index contributed by atoms with van der Waals surface area (Å²) in [7, 11) is 1.94. The lowest BCUT2D eigenvalue weighted by Crippen LogP contribution is -2.12. The standard InChI is InChI=1S/C10H14ClN.2C2H6/c1-7-4-5-9(6-10(7)11)8(2)12-3;2*1-2/h4-6,8,12H,1-3H3;2*1-2H3/t8-;;/m0../s1. The number of nitrogens with one attached hydrogen (secondary N) is 1. The third-order valence-corrected chi connectivity index (χ3v) is 2.54. The van der Waals surface area contributed by atoms with Crippen LogP contribution >= 0.6 is 11.6 Å². The summed E-state index contributed by atoms with van der Waals surface area (Å²) < 4.78 is 0. The van der Waals surface area contributed by atoms with Gasteiger partial charge < -0.3 is 5.32 Å². The van der Waals surface area contributed by atoms with Crippen LogP contribution in [0.1, 0.15) is 51.8 Å². The molecule has 0 aliphatic rings. The maximum absolute atomic E-state index is 5.99. The number of rotatable bonds is 2. The second-order valence-electron chi connectivity index (χ2n) is 3.02. The zero-order chi connectivity index (χ0) is 13.1. The molecule has 0 aliphatic heterocycles. The lowest BCUT2D eigenvalue weighted by Gasteiger charge is -2.11. The molecule has 0 aliphatic carbocycles. The van der Waals surface area contributed by atoms with E-state index >= 15 is 0 Å². The van der Waals surface area contributed by atoms with Crippen LogP contribution in [0, 0.1) is 6.92 Å². The molecule has 0 spiro atoms. The molecular formula is C14H26ClN. The van der Waals surface area contributed by atoms with E-state index in [9.17, 15) is 0 Å². The van der Waals surface area contributed by atoms with Gasteiger partial charge in [0.15, 0.2) is 0 Å². The van der Waals surface area contributed by atoms with Crippen LogP contribution in [0.3, 0.4) is 0 Å². The minimum Gasteiger partial charge on any atom is -0.313 e. The minimum absolute atomic E-state index is 0.364. The van der Waals surface area contributed by atoms with Crippen molar-refractivity contribution in [3.8, 4) is 0 Å². The van der Waals surface area contributed by atoms with E-state index in [4.69, 9.17) is 11.6 Å². The van der Waals surface area contributed by atoms with Gasteiger partial charge >= 0.3 is 0 Å². The molecule has 16 heavy (non-hydrogen) atoms. The predicted molar refractivity (Wildman–Crippen MR) is 76.4 cm³/mol. The molecule has 94 valence electrons. The van der Waals surface area contributed by atoms with Crippen LogP contribution in [-0.4, -0.2) is 7.05 Å². The van der Waals surface area contributed by atoms with Gasteiger partial charge in [-0.05, 0) is 38.1 Å². The van der Waals surface area contributed by atoms with Gasteiger partial charge in [0.1, 0.15) is 0 Å². The number of benzene rings is 1. The minimum atomic E-state index is 0.364. The van der Waals surface area contributed by atoms with E-state index in [1.165, 1.54) is 5.56 Å². The van der Waals surface area contributed by atoms with Crippen molar-refractivity contribution in [1.29, 1.82) is 0 Å². The van der Waals surface area contributed by atoms with Crippen LogP contribution < -0.4 is 5.32 Å². The molecule has 0 amide bonds. The van der Waals surface area contributed by atoms with Gasteiger partial charge in [0.2, 0.25) is 0 Å². The monoisotopic (exact) mass is 243 g/mol. The first kappa shape index (κ1) is 17.9. The topological polar surface area (TPSA) is 12.0 Å². The molecule has 1 rings (SSSR count). The van der Waals surface area contributed by atoms with Crippen molar-refractivity contribution in [3.05, 3.63) is 34.3 Å². The fourth-order valence-corrected chi connectivity index (χ4v) is 1.23. The van der Waals surface area contributed by atoms with Gasteiger partial charge in [-0.3, -0.25) is 0 Å². The molecule has 0 fully saturated rings. The number of aryl methyl sites for hydroxylation is 1. The van der Waals surface area contributed by atoms with E-state index < -0.39 is 0 Å². The van der Waals surface area contributed by atoms with Crippen LogP contribution in [-0.2, 0) is 0 Å². The molecule has 0 aromatic heterocycles. The second-order valence-corrected chi connectivity index (χ2v) is 3.43. The predicted octanol–water partition coefficient (Wildman–Crippen LogP) is 4.98. The number of hydrogen-bond donors (Lipinski definition) is 1. The Morgan fingerprint density at radius 3 is 2.00 bits per heavy atom. The summed E-state index contributed by atoms with van der Waals surface area (Å²) in [6, 6.07) is 6.52. The highest BCUT2D eigenvalue weighted by atomic mass is 35.5. The summed E-state index contributed by atoms with van der Waals surface area (Å²) in [6.45, 7) is 12.1. The van der Waals surface area contributed by atoms with E-state index in [0.29, 0.717) is 6.04 Å². The largest absolute Gasteiger partial charge is 0.313 e. The SMILES string of the molecule is CC.CC.CN[C@@H](C)c1ccc(C)c(Cl)c1. The fraction of sp³-hybridized carbons (Fsp3) is 0.571. The molecule has 0 unspecified atom stereocenters. The summed E-state index contributed by atoms with van der Waals surface area (Å²) >= 11 is 5.99. The van der Waals surface area contributed by atoms with Gasteiger partial charge in [-0.15, -0.1) is 0 Å². The lowest BCUT2D eigenvalue weighted by atomic mass is 10.1. The Bertz CT molecular complexity index is 271. The van der Waals surface area contributed by atoms with Gasteiger partial charge in [-0.25, -0.2) is 0 Å². The van der Waals surface area contributed by atoms with E-state index in [1.807, 2.05) is 53.8 Å². The number of hydrogen-bond acceptors (Lipinski definition) is 1. The van der Waals surface area contributed by atoms with Crippen LogP contribution in [0.4, 0.5) is 0 Å². The molecule has 1 nitrogen and oxygen atoms in total. The molecule has 2 heteroatoms. The molecule has 0 saturated carbocycles. The molecule has 1 aromatic carbocycles. The van der Waals surface area contributed by atoms with Crippen LogP contribution in [0.25, 0.3) is 0 Å².